The molecular formula is C23H23FN4OS. The molecule has 0 bridgehead atoms. The summed E-state index contributed by atoms with van der Waals surface area (Å²) >= 11 is 1.49. The van der Waals surface area contributed by atoms with Crippen molar-refractivity contribution in [1.29, 1.82) is 0 Å². The highest BCUT2D eigenvalue weighted by Crippen LogP contribution is 2.32. The van der Waals surface area contributed by atoms with Gasteiger partial charge in [-0.25, -0.2) is 9.37 Å². The van der Waals surface area contributed by atoms with Gasteiger partial charge in [0.2, 0.25) is 5.91 Å². The summed E-state index contributed by atoms with van der Waals surface area (Å²) in [4.78, 5) is 22.7. The van der Waals surface area contributed by atoms with Crippen molar-refractivity contribution in [1.82, 2.24) is 15.3 Å². The maximum atomic E-state index is 14.0. The van der Waals surface area contributed by atoms with E-state index in [1.807, 2.05) is 24.4 Å². The average Bonchev–Trinajstić information content (AvgIpc) is 3.39. The zero-order valence-corrected chi connectivity index (χ0v) is 17.3. The summed E-state index contributed by atoms with van der Waals surface area (Å²) in [7, 11) is 0. The molecule has 1 aliphatic heterocycles. The topological polar surface area (TPSA) is 61.0 Å². The van der Waals surface area contributed by atoms with Gasteiger partial charge in [-0.2, -0.15) is 0 Å². The molecule has 1 saturated heterocycles. The molecule has 1 unspecified atom stereocenters. The van der Waals surface area contributed by atoms with Gasteiger partial charge in [-0.1, -0.05) is 35.6 Å². The van der Waals surface area contributed by atoms with Gasteiger partial charge in [0.25, 0.3) is 0 Å². The first-order chi connectivity index (χ1) is 14.7. The Morgan fingerprint density at radius 3 is 3.07 bits per heavy atom. The van der Waals surface area contributed by atoms with Gasteiger partial charge in [0, 0.05) is 36.7 Å². The maximum absolute atomic E-state index is 14.0. The SMILES string of the molecule is O=C(NCCc1c[nH]c2ccccc12)C1CCCN(c2nc3c(F)cccc3s2)C1. The number of aromatic amines is 1. The summed E-state index contributed by atoms with van der Waals surface area (Å²) in [5.41, 5.74) is 2.75. The fourth-order valence-electron chi connectivity index (χ4n) is 4.21. The molecule has 1 aliphatic rings. The smallest absolute Gasteiger partial charge is 0.224 e. The number of hydrogen-bond donors (Lipinski definition) is 2. The third-order valence-electron chi connectivity index (χ3n) is 5.79. The number of aromatic nitrogens is 2. The Labute approximate surface area is 177 Å². The number of piperidine rings is 1. The van der Waals surface area contributed by atoms with Crippen LogP contribution in [0.3, 0.4) is 0 Å². The van der Waals surface area contributed by atoms with Crippen LogP contribution in [0.1, 0.15) is 18.4 Å². The van der Waals surface area contributed by atoms with Crippen LogP contribution < -0.4 is 10.2 Å². The Balaban J connectivity index is 1.21. The molecule has 7 heteroatoms. The van der Waals surface area contributed by atoms with Gasteiger partial charge >= 0.3 is 0 Å². The Morgan fingerprint density at radius 2 is 2.17 bits per heavy atom. The molecule has 0 saturated carbocycles. The molecule has 4 aromatic rings. The van der Waals surface area contributed by atoms with Crippen LogP contribution in [-0.4, -0.2) is 35.5 Å². The minimum Gasteiger partial charge on any atom is -0.361 e. The van der Waals surface area contributed by atoms with Crippen LogP contribution in [0, 0.1) is 11.7 Å². The van der Waals surface area contributed by atoms with Gasteiger partial charge in [0.05, 0.1) is 10.6 Å². The van der Waals surface area contributed by atoms with Crippen LogP contribution in [0.25, 0.3) is 21.1 Å². The molecule has 3 heterocycles. The van der Waals surface area contributed by atoms with Gasteiger partial charge in [-0.3, -0.25) is 4.79 Å². The fraction of sp³-hybridized carbons (Fsp3) is 0.304. The molecule has 1 atom stereocenters. The van der Waals surface area contributed by atoms with Crippen molar-refractivity contribution in [2.75, 3.05) is 24.5 Å². The van der Waals surface area contributed by atoms with E-state index in [1.165, 1.54) is 28.4 Å². The lowest BCUT2D eigenvalue weighted by atomic mass is 9.97. The van der Waals surface area contributed by atoms with Crippen molar-refractivity contribution in [2.24, 2.45) is 5.92 Å². The lowest BCUT2D eigenvalue weighted by Crippen LogP contribution is -2.43. The van der Waals surface area contributed by atoms with Gasteiger partial charge in [0.1, 0.15) is 11.3 Å². The number of H-pyrrole nitrogens is 1. The van der Waals surface area contributed by atoms with Gasteiger partial charge < -0.3 is 15.2 Å². The van der Waals surface area contributed by atoms with E-state index in [0.29, 0.717) is 18.6 Å². The first kappa shape index (κ1) is 19.1. The second kappa shape index (κ2) is 8.07. The number of halogens is 1. The molecule has 2 aromatic carbocycles. The van der Waals surface area contributed by atoms with Gasteiger partial charge in [0.15, 0.2) is 5.13 Å². The highest BCUT2D eigenvalue weighted by molar-refractivity contribution is 7.22. The van der Waals surface area contributed by atoms with Crippen LogP contribution in [-0.2, 0) is 11.2 Å². The predicted octanol–water partition coefficient (Wildman–Crippen LogP) is 4.49. The second-order valence-corrected chi connectivity index (χ2v) is 8.78. The molecule has 2 N–H and O–H groups in total. The van der Waals surface area contributed by atoms with Gasteiger partial charge in [-0.15, -0.1) is 0 Å². The summed E-state index contributed by atoms with van der Waals surface area (Å²) in [5, 5.41) is 5.11. The number of hydrogen-bond acceptors (Lipinski definition) is 4. The Morgan fingerprint density at radius 1 is 1.27 bits per heavy atom. The molecule has 5 rings (SSSR count). The minimum atomic E-state index is -0.293. The number of thiazole rings is 1. The highest BCUT2D eigenvalue weighted by Gasteiger charge is 2.27. The summed E-state index contributed by atoms with van der Waals surface area (Å²) in [6.07, 6.45) is 4.61. The molecular weight excluding hydrogens is 399 g/mol. The Hall–Kier alpha value is -2.93. The summed E-state index contributed by atoms with van der Waals surface area (Å²) in [6.45, 7) is 2.09. The molecule has 0 aliphatic carbocycles. The third kappa shape index (κ3) is 3.65. The fourth-order valence-corrected chi connectivity index (χ4v) is 5.22. The van der Waals surface area contributed by atoms with Gasteiger partial charge in [-0.05, 0) is 43.0 Å². The first-order valence-corrected chi connectivity index (χ1v) is 11.1. The van der Waals surface area contributed by atoms with Crippen LogP contribution >= 0.6 is 11.3 Å². The van der Waals surface area contributed by atoms with Crippen LogP contribution in [0.15, 0.2) is 48.7 Å². The Bertz CT molecular complexity index is 1200. The molecule has 2 aromatic heterocycles. The monoisotopic (exact) mass is 422 g/mol. The van der Waals surface area contributed by atoms with Crippen molar-refractivity contribution in [3.05, 3.63) is 60.0 Å². The Kier molecular flexibility index (Phi) is 5.12. The van der Waals surface area contributed by atoms with Crippen molar-refractivity contribution < 1.29 is 9.18 Å². The van der Waals surface area contributed by atoms with E-state index in [2.05, 4.69) is 32.3 Å². The number of nitrogens with one attached hydrogen (secondary N) is 2. The molecule has 1 amide bonds. The third-order valence-corrected chi connectivity index (χ3v) is 6.87. The number of fused-ring (bicyclic) bond motifs is 2. The van der Waals surface area contributed by atoms with E-state index in [-0.39, 0.29) is 17.6 Å². The van der Waals surface area contributed by atoms with E-state index in [4.69, 9.17) is 0 Å². The van der Waals surface area contributed by atoms with E-state index in [9.17, 15) is 9.18 Å². The number of nitrogens with zero attached hydrogens (tertiary/aromatic N) is 2. The van der Waals surface area contributed by atoms with Crippen LogP contribution in [0.4, 0.5) is 9.52 Å². The molecule has 30 heavy (non-hydrogen) atoms. The molecule has 1 fully saturated rings. The summed E-state index contributed by atoms with van der Waals surface area (Å²) in [6, 6.07) is 13.2. The quantitative estimate of drug-likeness (QED) is 0.498. The van der Waals surface area contributed by atoms with Crippen molar-refractivity contribution >= 4 is 43.5 Å². The molecule has 5 nitrogen and oxygen atoms in total. The number of para-hydroxylation sites is 2. The lowest BCUT2D eigenvalue weighted by molar-refractivity contribution is -0.125. The number of amides is 1. The number of carbonyl (C=O) groups excluding carboxylic acids is 1. The lowest BCUT2D eigenvalue weighted by Gasteiger charge is -2.31. The molecule has 154 valence electrons. The predicted molar refractivity (Wildman–Crippen MR) is 120 cm³/mol. The number of rotatable bonds is 5. The zero-order chi connectivity index (χ0) is 20.5. The van der Waals surface area contributed by atoms with E-state index in [0.717, 1.165) is 41.2 Å². The summed E-state index contributed by atoms with van der Waals surface area (Å²) < 4.78 is 14.8. The zero-order valence-electron chi connectivity index (χ0n) is 16.5. The first-order valence-electron chi connectivity index (χ1n) is 10.3. The van der Waals surface area contributed by atoms with E-state index in [1.54, 1.807) is 6.07 Å². The number of carbonyl (C=O) groups is 1. The van der Waals surface area contributed by atoms with Crippen LogP contribution in [0.5, 0.6) is 0 Å². The second-order valence-electron chi connectivity index (χ2n) is 7.77. The standard InChI is InChI=1S/C23H23FN4OS/c24-18-7-3-9-20-21(18)27-23(30-20)28-12-4-5-16(14-28)22(29)25-11-10-15-13-26-19-8-2-1-6-17(15)19/h1-3,6-9,13,16,26H,4-5,10-12,14H2,(H,25,29). The molecule has 0 spiro atoms. The van der Waals surface area contributed by atoms with E-state index >= 15 is 0 Å². The normalized spacial score (nSPS) is 17.0. The summed E-state index contributed by atoms with van der Waals surface area (Å²) in [5.74, 6) is -0.274. The van der Waals surface area contributed by atoms with E-state index < -0.39 is 0 Å². The number of anilines is 1. The molecule has 0 radical (unpaired) electrons. The maximum Gasteiger partial charge on any atom is 0.224 e. The minimum absolute atomic E-state index is 0.0708. The highest BCUT2D eigenvalue weighted by atomic mass is 32.1. The van der Waals surface area contributed by atoms with Crippen molar-refractivity contribution in [3.63, 3.8) is 0 Å². The van der Waals surface area contributed by atoms with Crippen molar-refractivity contribution in [3.8, 4) is 0 Å². The average molecular weight is 423 g/mol. The number of benzene rings is 2. The largest absolute Gasteiger partial charge is 0.361 e. The van der Waals surface area contributed by atoms with Crippen LogP contribution in [0.2, 0.25) is 0 Å². The van der Waals surface area contributed by atoms with Crippen molar-refractivity contribution in [2.45, 2.75) is 19.3 Å².